The Balaban J connectivity index is 1.96. The second-order valence-electron chi connectivity index (χ2n) is 4.13. The Morgan fingerprint density at radius 1 is 1.14 bits per heavy atom. The van der Waals surface area contributed by atoms with Gasteiger partial charge in [0, 0.05) is 10.2 Å². The summed E-state index contributed by atoms with van der Waals surface area (Å²) in [5.74, 6) is 0.214. The van der Waals surface area contributed by atoms with Crippen LogP contribution in [0.2, 0.25) is 10.0 Å². The number of carbonyl (C=O) groups excluding carboxylic acids is 1. The van der Waals surface area contributed by atoms with Gasteiger partial charge in [0.05, 0.1) is 15.7 Å². The van der Waals surface area contributed by atoms with Gasteiger partial charge < -0.3 is 15.8 Å². The largest absolute Gasteiger partial charge is 0.484 e. The minimum atomic E-state index is -0.341. The summed E-state index contributed by atoms with van der Waals surface area (Å²) in [6.45, 7) is -0.145. The molecule has 0 spiro atoms. The standard InChI is InChI=1S/C14H11BrCl2N2O2/c15-10-5-6-11(14(17)13(10)16)19-12(20)7-21-9-3-1-8(18)2-4-9/h1-6H,7,18H2,(H,19,20). The number of nitrogen functional groups attached to an aromatic ring is 1. The van der Waals surface area contributed by atoms with Gasteiger partial charge in [-0.1, -0.05) is 23.2 Å². The van der Waals surface area contributed by atoms with Crippen LogP contribution in [0.3, 0.4) is 0 Å². The zero-order valence-electron chi connectivity index (χ0n) is 10.7. The zero-order valence-corrected chi connectivity index (χ0v) is 13.8. The molecule has 0 unspecified atom stereocenters. The van der Waals surface area contributed by atoms with Crippen LogP contribution in [0.1, 0.15) is 0 Å². The average Bonchev–Trinajstić information content (AvgIpc) is 2.47. The van der Waals surface area contributed by atoms with Crippen LogP contribution < -0.4 is 15.8 Å². The molecule has 0 aliphatic carbocycles. The molecule has 4 nitrogen and oxygen atoms in total. The normalized spacial score (nSPS) is 10.2. The lowest BCUT2D eigenvalue weighted by molar-refractivity contribution is -0.118. The van der Waals surface area contributed by atoms with Crippen molar-refractivity contribution in [3.05, 3.63) is 50.9 Å². The fourth-order valence-corrected chi connectivity index (χ4v) is 2.34. The molecule has 1 amide bonds. The predicted octanol–water partition coefficient (Wildman–Crippen LogP) is 4.36. The van der Waals surface area contributed by atoms with E-state index in [1.54, 1.807) is 36.4 Å². The van der Waals surface area contributed by atoms with Crippen molar-refractivity contribution in [2.45, 2.75) is 0 Å². The van der Waals surface area contributed by atoms with E-state index in [1.807, 2.05) is 0 Å². The maximum Gasteiger partial charge on any atom is 0.262 e. The van der Waals surface area contributed by atoms with Gasteiger partial charge in [0.2, 0.25) is 0 Å². The Bertz CT molecular complexity index is 663. The molecule has 2 aromatic rings. The molecule has 0 bridgehead atoms. The Morgan fingerprint density at radius 3 is 2.48 bits per heavy atom. The van der Waals surface area contributed by atoms with Gasteiger partial charge in [-0.25, -0.2) is 0 Å². The first-order valence-corrected chi connectivity index (χ1v) is 7.44. The minimum Gasteiger partial charge on any atom is -0.484 e. The molecule has 2 rings (SSSR count). The van der Waals surface area contributed by atoms with Gasteiger partial charge in [-0.05, 0) is 52.3 Å². The van der Waals surface area contributed by atoms with Crippen LogP contribution in [0.15, 0.2) is 40.9 Å². The molecule has 0 saturated carbocycles. The molecular weight excluding hydrogens is 379 g/mol. The topological polar surface area (TPSA) is 64.3 Å². The summed E-state index contributed by atoms with van der Waals surface area (Å²) >= 11 is 15.3. The van der Waals surface area contributed by atoms with Crippen molar-refractivity contribution < 1.29 is 9.53 Å². The molecule has 7 heteroatoms. The molecule has 21 heavy (non-hydrogen) atoms. The van der Waals surface area contributed by atoms with Gasteiger partial charge in [-0.2, -0.15) is 0 Å². The average molecular weight is 390 g/mol. The van der Waals surface area contributed by atoms with Crippen molar-refractivity contribution in [3.63, 3.8) is 0 Å². The summed E-state index contributed by atoms with van der Waals surface area (Å²) in [5, 5.41) is 3.25. The summed E-state index contributed by atoms with van der Waals surface area (Å²) in [6, 6.07) is 10.1. The fourth-order valence-electron chi connectivity index (χ4n) is 1.52. The van der Waals surface area contributed by atoms with E-state index in [0.29, 0.717) is 26.6 Å². The van der Waals surface area contributed by atoms with Crippen LogP contribution in [0.4, 0.5) is 11.4 Å². The number of hydrogen-bond acceptors (Lipinski definition) is 3. The highest BCUT2D eigenvalue weighted by Gasteiger charge is 2.11. The van der Waals surface area contributed by atoms with Gasteiger partial charge in [0.1, 0.15) is 5.75 Å². The summed E-state index contributed by atoms with van der Waals surface area (Å²) in [5.41, 5.74) is 6.62. The number of benzene rings is 2. The third-order valence-electron chi connectivity index (χ3n) is 2.56. The first kappa shape index (κ1) is 15.9. The predicted molar refractivity (Wildman–Crippen MR) is 89.1 cm³/mol. The number of rotatable bonds is 4. The molecule has 110 valence electrons. The van der Waals surface area contributed by atoms with Crippen molar-refractivity contribution in [1.82, 2.24) is 0 Å². The van der Waals surface area contributed by atoms with Crippen molar-refractivity contribution in [3.8, 4) is 5.75 Å². The lowest BCUT2D eigenvalue weighted by Gasteiger charge is -2.10. The molecule has 0 radical (unpaired) electrons. The van der Waals surface area contributed by atoms with Gasteiger partial charge in [0.15, 0.2) is 6.61 Å². The summed E-state index contributed by atoms with van der Waals surface area (Å²) < 4.78 is 5.99. The number of carbonyl (C=O) groups is 1. The summed E-state index contributed by atoms with van der Waals surface area (Å²) in [7, 11) is 0. The molecule has 2 aromatic carbocycles. The van der Waals surface area contributed by atoms with Crippen LogP contribution in [0.5, 0.6) is 5.75 Å². The number of halogens is 3. The maximum absolute atomic E-state index is 11.8. The van der Waals surface area contributed by atoms with Crippen molar-refractivity contribution in [2.75, 3.05) is 17.7 Å². The smallest absolute Gasteiger partial charge is 0.262 e. The number of amides is 1. The Labute approximate surface area is 140 Å². The molecule has 0 atom stereocenters. The molecular formula is C14H11BrCl2N2O2. The summed E-state index contributed by atoms with van der Waals surface area (Å²) in [6.07, 6.45) is 0. The second kappa shape index (κ2) is 7.02. The molecule has 3 N–H and O–H groups in total. The molecule has 0 aliphatic heterocycles. The van der Waals surface area contributed by atoms with Crippen molar-refractivity contribution in [1.29, 1.82) is 0 Å². The molecule has 0 aliphatic rings. The van der Waals surface area contributed by atoms with Crippen molar-refractivity contribution >= 4 is 56.4 Å². The molecule has 0 saturated heterocycles. The third-order valence-corrected chi connectivity index (χ3v) is 4.33. The quantitative estimate of drug-likeness (QED) is 0.603. The van der Waals surface area contributed by atoms with Gasteiger partial charge in [0.25, 0.3) is 5.91 Å². The van der Waals surface area contributed by atoms with Crippen LogP contribution >= 0.6 is 39.1 Å². The van der Waals surface area contributed by atoms with E-state index >= 15 is 0 Å². The molecule has 0 heterocycles. The number of hydrogen-bond donors (Lipinski definition) is 2. The fraction of sp³-hybridized carbons (Fsp3) is 0.0714. The highest BCUT2D eigenvalue weighted by Crippen LogP contribution is 2.35. The van der Waals surface area contributed by atoms with Crippen LogP contribution in [0, 0.1) is 0 Å². The third kappa shape index (κ3) is 4.27. The minimum absolute atomic E-state index is 0.145. The Kier molecular flexibility index (Phi) is 5.33. The summed E-state index contributed by atoms with van der Waals surface area (Å²) in [4.78, 5) is 11.8. The van der Waals surface area contributed by atoms with E-state index in [9.17, 15) is 4.79 Å². The number of nitrogens with one attached hydrogen (secondary N) is 1. The zero-order chi connectivity index (χ0) is 15.4. The van der Waals surface area contributed by atoms with Gasteiger partial charge >= 0.3 is 0 Å². The first-order valence-electron chi connectivity index (χ1n) is 5.89. The van der Waals surface area contributed by atoms with E-state index in [2.05, 4.69) is 21.2 Å². The molecule has 0 aromatic heterocycles. The highest BCUT2D eigenvalue weighted by atomic mass is 79.9. The van der Waals surface area contributed by atoms with Crippen LogP contribution in [0.25, 0.3) is 0 Å². The van der Waals surface area contributed by atoms with E-state index in [4.69, 9.17) is 33.7 Å². The maximum atomic E-state index is 11.8. The second-order valence-corrected chi connectivity index (χ2v) is 5.74. The lowest BCUT2D eigenvalue weighted by Crippen LogP contribution is -2.20. The van der Waals surface area contributed by atoms with Crippen molar-refractivity contribution in [2.24, 2.45) is 0 Å². The molecule has 0 fully saturated rings. The Morgan fingerprint density at radius 2 is 1.81 bits per heavy atom. The van der Waals surface area contributed by atoms with E-state index < -0.39 is 0 Å². The SMILES string of the molecule is Nc1ccc(OCC(=O)Nc2ccc(Br)c(Cl)c2Cl)cc1. The van der Waals surface area contributed by atoms with Gasteiger partial charge in [-0.3, -0.25) is 4.79 Å². The first-order chi connectivity index (χ1) is 9.97. The van der Waals surface area contributed by atoms with E-state index in [1.165, 1.54) is 0 Å². The van der Waals surface area contributed by atoms with E-state index in [0.717, 1.165) is 0 Å². The monoisotopic (exact) mass is 388 g/mol. The van der Waals surface area contributed by atoms with Crippen LogP contribution in [-0.4, -0.2) is 12.5 Å². The highest BCUT2D eigenvalue weighted by molar-refractivity contribution is 9.10. The number of ether oxygens (including phenoxy) is 1. The van der Waals surface area contributed by atoms with Crippen LogP contribution in [-0.2, 0) is 4.79 Å². The number of nitrogens with two attached hydrogens (primary N) is 1. The number of anilines is 2. The van der Waals surface area contributed by atoms with E-state index in [-0.39, 0.29) is 17.5 Å². The lowest BCUT2D eigenvalue weighted by atomic mass is 10.3. The Hall–Kier alpha value is -1.43. The van der Waals surface area contributed by atoms with Gasteiger partial charge in [-0.15, -0.1) is 0 Å².